The number of carboxylic acid groups (broad SMARTS) is 1. The number of nitrogens with zero attached hydrogens (tertiary/aromatic N) is 1. The number of urea groups is 1. The molecule has 2 amide bonds. The van der Waals surface area contributed by atoms with Gasteiger partial charge in [0.1, 0.15) is 0 Å². The number of hydrogen-bond donors (Lipinski definition) is 2. The summed E-state index contributed by atoms with van der Waals surface area (Å²) in [6.45, 7) is 0.308. The summed E-state index contributed by atoms with van der Waals surface area (Å²) in [5.74, 6) is -1.33. The summed E-state index contributed by atoms with van der Waals surface area (Å²) in [5, 5.41) is 15.3. The van der Waals surface area contributed by atoms with Gasteiger partial charge in [0.25, 0.3) is 0 Å². The Bertz CT molecular complexity index is 645. The Kier molecular flexibility index (Phi) is 6.67. The number of hydrogen-bond acceptors (Lipinski definition) is 3. The van der Waals surface area contributed by atoms with Gasteiger partial charge in [-0.3, -0.25) is 0 Å². The van der Waals surface area contributed by atoms with Gasteiger partial charge in [-0.1, -0.05) is 11.6 Å². The van der Waals surface area contributed by atoms with Crippen molar-refractivity contribution in [1.29, 1.82) is 0 Å². The van der Waals surface area contributed by atoms with Gasteiger partial charge in [0.15, 0.2) is 0 Å². The number of amides is 2. The molecular formula is C15H19ClF3N3O3. The second-order valence-corrected chi connectivity index (χ2v) is 6.94. The molecule has 0 aliphatic heterocycles. The van der Waals surface area contributed by atoms with E-state index in [-0.39, 0.29) is 10.7 Å². The quantitative estimate of drug-likeness (QED) is 0.736. The average Bonchev–Trinajstić information content (AvgIpc) is 2.36. The number of likely N-dealkylation sites (N-methyl/N-ethyl adjacent to an activating group) is 1. The predicted molar refractivity (Wildman–Crippen MR) is 84.9 cm³/mol. The molecular weight excluding hydrogens is 363 g/mol. The van der Waals surface area contributed by atoms with Gasteiger partial charge >= 0.3 is 12.2 Å². The first-order chi connectivity index (χ1) is 11.3. The second-order valence-electron chi connectivity index (χ2n) is 6.54. The summed E-state index contributed by atoms with van der Waals surface area (Å²) < 4.78 is 38.2. The minimum Gasteiger partial charge on any atom is -0.550 e. The van der Waals surface area contributed by atoms with Gasteiger partial charge in [0.05, 0.1) is 50.0 Å². The molecule has 0 fully saturated rings. The van der Waals surface area contributed by atoms with Crippen LogP contribution in [0.5, 0.6) is 0 Å². The van der Waals surface area contributed by atoms with Crippen molar-refractivity contribution in [3.05, 3.63) is 28.8 Å². The van der Waals surface area contributed by atoms with Crippen LogP contribution >= 0.6 is 11.6 Å². The van der Waals surface area contributed by atoms with E-state index in [1.54, 1.807) is 0 Å². The normalized spacial score (nSPS) is 13.2. The van der Waals surface area contributed by atoms with Crippen LogP contribution in [0.3, 0.4) is 0 Å². The number of carboxylic acids is 1. The Hall–Kier alpha value is -2.00. The standard InChI is InChI=1S/C15H19ClF3N3O3/c1-22(2,3)8-10(7-13(23)24)20-14(25)21-12-5-4-9(6-11(12)16)15(17,18)19/h4-6,10H,7-8H2,1-3H3,(H2-,20,21,23,24,25)/t10-/m1/s1. The van der Waals surface area contributed by atoms with Crippen molar-refractivity contribution < 1.29 is 32.3 Å². The highest BCUT2D eigenvalue weighted by molar-refractivity contribution is 6.33. The van der Waals surface area contributed by atoms with Crippen molar-refractivity contribution in [3.8, 4) is 0 Å². The fourth-order valence-electron chi connectivity index (χ4n) is 2.16. The van der Waals surface area contributed by atoms with E-state index in [1.165, 1.54) is 0 Å². The molecule has 1 rings (SSSR count). The smallest absolute Gasteiger partial charge is 0.416 e. The Balaban J connectivity index is 2.81. The van der Waals surface area contributed by atoms with E-state index < -0.39 is 36.2 Å². The fourth-order valence-corrected chi connectivity index (χ4v) is 2.39. The third-order valence-electron chi connectivity index (χ3n) is 3.06. The summed E-state index contributed by atoms with van der Waals surface area (Å²) in [5.41, 5.74) is -0.965. The molecule has 1 atom stereocenters. The van der Waals surface area contributed by atoms with Crippen molar-refractivity contribution in [2.75, 3.05) is 33.0 Å². The molecule has 6 nitrogen and oxygen atoms in total. The number of benzene rings is 1. The molecule has 2 N–H and O–H groups in total. The molecule has 0 spiro atoms. The van der Waals surface area contributed by atoms with E-state index in [4.69, 9.17) is 11.6 Å². The first-order valence-corrected chi connectivity index (χ1v) is 7.60. The maximum atomic E-state index is 12.6. The third kappa shape index (κ3) is 7.61. The van der Waals surface area contributed by atoms with Gasteiger partial charge in [0, 0.05) is 12.4 Å². The van der Waals surface area contributed by atoms with Crippen molar-refractivity contribution in [2.45, 2.75) is 18.6 Å². The van der Waals surface area contributed by atoms with Crippen LogP contribution in [-0.4, -0.2) is 50.2 Å². The SMILES string of the molecule is C[N+](C)(C)C[C@@H](CC(=O)[O-])NC(=O)Nc1ccc(C(F)(F)F)cc1Cl. The van der Waals surface area contributed by atoms with Crippen LogP contribution in [-0.2, 0) is 11.0 Å². The van der Waals surface area contributed by atoms with Crippen LogP contribution in [0.4, 0.5) is 23.7 Å². The zero-order valence-corrected chi connectivity index (χ0v) is 14.7. The zero-order chi connectivity index (χ0) is 19.4. The predicted octanol–water partition coefficient (Wildman–Crippen LogP) is 1.70. The molecule has 10 heteroatoms. The van der Waals surface area contributed by atoms with E-state index in [2.05, 4.69) is 10.6 Å². The Labute approximate surface area is 148 Å². The number of rotatable bonds is 6. The number of alkyl halides is 3. The van der Waals surface area contributed by atoms with E-state index in [9.17, 15) is 27.9 Å². The van der Waals surface area contributed by atoms with Crippen LogP contribution in [0.25, 0.3) is 0 Å². The highest BCUT2D eigenvalue weighted by Gasteiger charge is 2.31. The number of quaternary nitrogens is 1. The van der Waals surface area contributed by atoms with Gasteiger partial charge in [-0.25, -0.2) is 4.79 Å². The first kappa shape index (κ1) is 21.0. The minimum atomic E-state index is -4.55. The van der Waals surface area contributed by atoms with Crippen molar-refractivity contribution >= 4 is 29.3 Å². The molecule has 0 aliphatic rings. The Morgan fingerprint density at radius 1 is 1.28 bits per heavy atom. The van der Waals surface area contributed by atoms with Crippen LogP contribution in [0.15, 0.2) is 18.2 Å². The lowest BCUT2D eigenvalue weighted by Crippen LogP contribution is -2.51. The zero-order valence-electron chi connectivity index (χ0n) is 13.9. The number of anilines is 1. The number of aliphatic carboxylic acids is 1. The van der Waals surface area contributed by atoms with Crippen molar-refractivity contribution in [3.63, 3.8) is 0 Å². The number of nitrogens with one attached hydrogen (secondary N) is 2. The molecule has 0 unspecified atom stereocenters. The van der Waals surface area contributed by atoms with Gasteiger partial charge in [-0.2, -0.15) is 13.2 Å². The van der Waals surface area contributed by atoms with Crippen molar-refractivity contribution in [1.82, 2.24) is 5.32 Å². The van der Waals surface area contributed by atoms with Gasteiger partial charge in [0.2, 0.25) is 0 Å². The van der Waals surface area contributed by atoms with Crippen LogP contribution in [0, 0.1) is 0 Å². The maximum Gasteiger partial charge on any atom is 0.416 e. The molecule has 0 radical (unpaired) electrons. The summed E-state index contributed by atoms with van der Waals surface area (Å²) in [6.07, 6.45) is -4.95. The molecule has 0 saturated heterocycles. The Morgan fingerprint density at radius 2 is 1.88 bits per heavy atom. The molecule has 25 heavy (non-hydrogen) atoms. The summed E-state index contributed by atoms with van der Waals surface area (Å²) >= 11 is 5.76. The fraction of sp³-hybridized carbons (Fsp3) is 0.467. The number of carbonyl (C=O) groups is 2. The van der Waals surface area contributed by atoms with E-state index in [0.717, 1.165) is 12.1 Å². The molecule has 140 valence electrons. The molecule has 1 aromatic carbocycles. The highest BCUT2D eigenvalue weighted by atomic mass is 35.5. The average molecular weight is 382 g/mol. The van der Waals surface area contributed by atoms with E-state index in [0.29, 0.717) is 17.1 Å². The van der Waals surface area contributed by atoms with E-state index >= 15 is 0 Å². The lowest BCUT2D eigenvalue weighted by atomic mass is 10.2. The summed E-state index contributed by atoms with van der Waals surface area (Å²) in [4.78, 5) is 22.8. The van der Waals surface area contributed by atoms with Crippen molar-refractivity contribution in [2.24, 2.45) is 0 Å². The molecule has 0 bridgehead atoms. The maximum absolute atomic E-state index is 12.6. The van der Waals surface area contributed by atoms with E-state index in [1.807, 2.05) is 21.1 Å². The largest absolute Gasteiger partial charge is 0.550 e. The third-order valence-corrected chi connectivity index (χ3v) is 3.37. The molecule has 1 aromatic rings. The summed E-state index contributed by atoms with van der Waals surface area (Å²) in [6, 6.07) is 1.01. The number of carbonyl (C=O) groups excluding carboxylic acids is 2. The van der Waals surface area contributed by atoms with Crippen LogP contribution in [0.1, 0.15) is 12.0 Å². The minimum absolute atomic E-state index is 0.0235. The molecule has 0 aromatic heterocycles. The number of halogens is 4. The van der Waals surface area contributed by atoms with Crippen LogP contribution < -0.4 is 15.7 Å². The highest BCUT2D eigenvalue weighted by Crippen LogP contribution is 2.33. The lowest BCUT2D eigenvalue weighted by molar-refractivity contribution is -0.871. The second kappa shape index (κ2) is 7.92. The monoisotopic (exact) mass is 381 g/mol. The van der Waals surface area contributed by atoms with Crippen LogP contribution in [0.2, 0.25) is 5.02 Å². The lowest BCUT2D eigenvalue weighted by Gasteiger charge is -2.30. The van der Waals surface area contributed by atoms with Gasteiger partial charge in [-0.05, 0) is 18.2 Å². The first-order valence-electron chi connectivity index (χ1n) is 7.22. The Morgan fingerprint density at radius 3 is 2.32 bits per heavy atom. The van der Waals surface area contributed by atoms with Gasteiger partial charge < -0.3 is 25.0 Å². The van der Waals surface area contributed by atoms with Gasteiger partial charge in [-0.15, -0.1) is 0 Å². The summed E-state index contributed by atoms with van der Waals surface area (Å²) in [7, 11) is 5.44. The topological polar surface area (TPSA) is 81.3 Å². The molecule has 0 heterocycles. The molecule has 0 saturated carbocycles. The molecule has 0 aliphatic carbocycles.